The summed E-state index contributed by atoms with van der Waals surface area (Å²) in [7, 11) is 0. The highest BCUT2D eigenvalue weighted by Crippen LogP contribution is 2.63. The fourth-order valence-electron chi connectivity index (χ4n) is 6.30. The number of carbonyl (C=O) groups is 1. The van der Waals surface area contributed by atoms with Crippen molar-refractivity contribution >= 4 is 5.78 Å². The van der Waals surface area contributed by atoms with E-state index in [0.717, 1.165) is 30.7 Å². The summed E-state index contributed by atoms with van der Waals surface area (Å²) < 4.78 is 0. The fourth-order valence-corrected chi connectivity index (χ4v) is 6.30. The van der Waals surface area contributed by atoms with Crippen molar-refractivity contribution in [1.82, 2.24) is 0 Å². The summed E-state index contributed by atoms with van der Waals surface area (Å²) in [5.74, 6) is 2.26. The molecule has 4 aliphatic carbocycles. The fraction of sp³-hybridized carbons (Fsp3) is 0.667. The number of aromatic hydroxyl groups is 1. The first kappa shape index (κ1) is 14.9. The number of rotatable bonds is 2. The molecule has 3 nitrogen and oxygen atoms in total. The highest BCUT2D eigenvalue weighted by molar-refractivity contribution is 5.82. The van der Waals surface area contributed by atoms with E-state index in [1.807, 2.05) is 12.1 Å². The molecule has 128 valence electrons. The summed E-state index contributed by atoms with van der Waals surface area (Å²) in [5.41, 5.74) is 1.08. The van der Waals surface area contributed by atoms with Gasteiger partial charge in [0.1, 0.15) is 11.5 Å². The van der Waals surface area contributed by atoms with Crippen LogP contribution in [0.25, 0.3) is 0 Å². The number of phenolic OH excluding ortho intramolecular Hbond substituents is 1. The number of carbonyl (C=O) groups excluding carboxylic acids is 1. The molecule has 0 spiro atoms. The van der Waals surface area contributed by atoms with Gasteiger partial charge in [0, 0.05) is 18.3 Å². The third kappa shape index (κ3) is 1.91. The first-order valence-electron chi connectivity index (χ1n) is 9.58. The van der Waals surface area contributed by atoms with Crippen LogP contribution in [0.4, 0.5) is 0 Å². The number of Topliss-reactive ketones (excluding diaryl/α,β-unsaturated/α-hetero) is 1. The first-order chi connectivity index (χ1) is 11.5. The second kappa shape index (κ2) is 4.85. The first-order valence-corrected chi connectivity index (χ1v) is 9.58. The molecule has 0 heterocycles. The van der Waals surface area contributed by atoms with E-state index in [1.165, 1.54) is 24.8 Å². The largest absolute Gasteiger partial charge is 0.508 e. The van der Waals surface area contributed by atoms with Gasteiger partial charge in [-0.1, -0.05) is 18.9 Å². The van der Waals surface area contributed by atoms with Crippen LogP contribution in [0, 0.1) is 17.8 Å². The SMILES string of the molecule is O=C1CC[C@@]2(O)[C@H]3Cc4ccc(O)cc4[C@@]2(CCC3CC2CC2)C1. The van der Waals surface area contributed by atoms with Gasteiger partial charge < -0.3 is 10.2 Å². The third-order valence-corrected chi connectivity index (χ3v) is 7.62. The van der Waals surface area contributed by atoms with E-state index in [9.17, 15) is 15.0 Å². The molecule has 0 aliphatic heterocycles. The maximum atomic E-state index is 12.3. The van der Waals surface area contributed by atoms with Gasteiger partial charge in [-0.15, -0.1) is 0 Å². The Labute approximate surface area is 143 Å². The molecule has 0 saturated heterocycles. The number of hydrogen-bond acceptors (Lipinski definition) is 3. The third-order valence-electron chi connectivity index (χ3n) is 7.62. The van der Waals surface area contributed by atoms with Gasteiger partial charge in [-0.2, -0.15) is 0 Å². The number of ketones is 1. The van der Waals surface area contributed by atoms with Gasteiger partial charge in [0.05, 0.1) is 5.60 Å². The second-order valence-corrected chi connectivity index (χ2v) is 8.85. The molecule has 3 saturated carbocycles. The Morgan fingerprint density at radius 3 is 2.79 bits per heavy atom. The normalized spacial score (nSPS) is 40.8. The molecule has 2 N–H and O–H groups in total. The zero-order valence-corrected chi connectivity index (χ0v) is 14.1. The zero-order valence-electron chi connectivity index (χ0n) is 14.1. The van der Waals surface area contributed by atoms with E-state index in [1.54, 1.807) is 6.07 Å². The predicted octanol–water partition coefficient (Wildman–Crippen LogP) is 3.50. The molecular weight excluding hydrogens is 300 g/mol. The highest BCUT2D eigenvalue weighted by atomic mass is 16.3. The molecule has 4 aliphatic rings. The van der Waals surface area contributed by atoms with Gasteiger partial charge in [0.2, 0.25) is 0 Å². The molecule has 1 aromatic rings. The summed E-state index contributed by atoms with van der Waals surface area (Å²) in [6, 6.07) is 5.62. The minimum absolute atomic E-state index is 0.252. The van der Waals surface area contributed by atoms with Crippen molar-refractivity contribution in [2.24, 2.45) is 17.8 Å². The Kier molecular flexibility index (Phi) is 3.02. The Bertz CT molecular complexity index is 707. The summed E-state index contributed by atoms with van der Waals surface area (Å²) in [6.07, 6.45) is 8.44. The van der Waals surface area contributed by atoms with Crippen LogP contribution in [0.5, 0.6) is 5.75 Å². The van der Waals surface area contributed by atoms with Gasteiger partial charge in [-0.3, -0.25) is 4.79 Å². The van der Waals surface area contributed by atoms with Crippen molar-refractivity contribution in [2.75, 3.05) is 0 Å². The van der Waals surface area contributed by atoms with Crippen LogP contribution in [0.1, 0.15) is 62.5 Å². The molecule has 1 aromatic carbocycles. The van der Waals surface area contributed by atoms with Crippen molar-refractivity contribution in [2.45, 2.75) is 68.8 Å². The maximum absolute atomic E-state index is 12.3. The van der Waals surface area contributed by atoms with Gasteiger partial charge in [-0.05, 0) is 73.1 Å². The van der Waals surface area contributed by atoms with Crippen molar-refractivity contribution in [1.29, 1.82) is 0 Å². The number of benzene rings is 1. The van der Waals surface area contributed by atoms with Gasteiger partial charge in [0.15, 0.2) is 0 Å². The van der Waals surface area contributed by atoms with Crippen LogP contribution < -0.4 is 0 Å². The monoisotopic (exact) mass is 326 g/mol. The number of fused-ring (bicyclic) bond motifs is 1. The summed E-state index contributed by atoms with van der Waals surface area (Å²) in [4.78, 5) is 12.3. The number of phenols is 1. The molecule has 5 rings (SSSR count). The molecular formula is C21H26O3. The van der Waals surface area contributed by atoms with E-state index in [4.69, 9.17) is 0 Å². The van der Waals surface area contributed by atoms with Crippen molar-refractivity contribution in [3.05, 3.63) is 29.3 Å². The van der Waals surface area contributed by atoms with Crippen LogP contribution in [0.2, 0.25) is 0 Å². The lowest BCUT2D eigenvalue weighted by atomic mass is 9.43. The summed E-state index contributed by atoms with van der Waals surface area (Å²) >= 11 is 0. The van der Waals surface area contributed by atoms with Crippen molar-refractivity contribution < 1.29 is 15.0 Å². The number of hydrogen-bond donors (Lipinski definition) is 2. The smallest absolute Gasteiger partial charge is 0.134 e. The lowest BCUT2D eigenvalue weighted by Gasteiger charge is -2.62. The molecule has 2 bridgehead atoms. The lowest BCUT2D eigenvalue weighted by molar-refractivity contribution is -0.173. The lowest BCUT2D eigenvalue weighted by Crippen LogP contribution is -2.66. The zero-order chi connectivity index (χ0) is 16.5. The minimum Gasteiger partial charge on any atom is -0.508 e. The Hall–Kier alpha value is -1.35. The molecule has 3 heteroatoms. The van der Waals surface area contributed by atoms with Crippen molar-refractivity contribution in [3.63, 3.8) is 0 Å². The van der Waals surface area contributed by atoms with Gasteiger partial charge in [-0.25, -0.2) is 0 Å². The standard InChI is InChI=1S/C21H26O3/c22-16-4-3-14-10-19-15(9-13-1-2-13)5-7-20(18(14)11-16)12-17(23)6-8-21(19,20)24/h3-4,11,13,15,19,22,24H,1-2,5-10,12H2/t15?,19-,20+,21+/m0/s1. The highest BCUT2D eigenvalue weighted by Gasteiger charge is 2.64. The van der Waals surface area contributed by atoms with Crippen LogP contribution in [0.15, 0.2) is 18.2 Å². The minimum atomic E-state index is -0.764. The molecule has 0 amide bonds. The van der Waals surface area contributed by atoms with Crippen molar-refractivity contribution in [3.8, 4) is 5.75 Å². The Balaban J connectivity index is 1.65. The van der Waals surface area contributed by atoms with Gasteiger partial charge >= 0.3 is 0 Å². The Morgan fingerprint density at radius 2 is 2.00 bits per heavy atom. The van der Waals surface area contributed by atoms with E-state index >= 15 is 0 Å². The quantitative estimate of drug-likeness (QED) is 0.874. The van der Waals surface area contributed by atoms with Crippen LogP contribution >= 0.6 is 0 Å². The average molecular weight is 326 g/mol. The molecule has 0 aromatic heterocycles. The topological polar surface area (TPSA) is 57.5 Å². The van der Waals surface area contributed by atoms with Crippen LogP contribution in [-0.4, -0.2) is 21.6 Å². The Morgan fingerprint density at radius 1 is 1.17 bits per heavy atom. The molecule has 1 unspecified atom stereocenters. The van der Waals surface area contributed by atoms with Crippen LogP contribution in [0.3, 0.4) is 0 Å². The average Bonchev–Trinajstić information content (AvgIpc) is 3.36. The van der Waals surface area contributed by atoms with E-state index in [-0.39, 0.29) is 17.5 Å². The van der Waals surface area contributed by atoms with Crippen LogP contribution in [-0.2, 0) is 16.6 Å². The molecule has 3 fully saturated rings. The van der Waals surface area contributed by atoms with E-state index in [2.05, 4.69) is 0 Å². The number of aliphatic hydroxyl groups is 1. The second-order valence-electron chi connectivity index (χ2n) is 8.85. The molecule has 4 atom stereocenters. The van der Waals surface area contributed by atoms with E-state index < -0.39 is 11.0 Å². The van der Waals surface area contributed by atoms with Gasteiger partial charge in [0.25, 0.3) is 0 Å². The maximum Gasteiger partial charge on any atom is 0.134 e. The molecule has 0 radical (unpaired) electrons. The predicted molar refractivity (Wildman–Crippen MR) is 90.9 cm³/mol. The summed E-state index contributed by atoms with van der Waals surface area (Å²) in [6.45, 7) is 0. The van der Waals surface area contributed by atoms with E-state index in [0.29, 0.717) is 25.2 Å². The molecule has 24 heavy (non-hydrogen) atoms. The summed E-state index contributed by atoms with van der Waals surface area (Å²) in [5, 5.41) is 21.9.